The van der Waals surface area contributed by atoms with Crippen LogP contribution in [0, 0.1) is 10.1 Å². The number of nitrogens with one attached hydrogen (secondary N) is 1. The second-order valence-corrected chi connectivity index (χ2v) is 7.25. The van der Waals surface area contributed by atoms with Crippen LogP contribution in [0.4, 0.5) is 18.9 Å². The first kappa shape index (κ1) is 20.5. The van der Waals surface area contributed by atoms with Crippen molar-refractivity contribution in [2.75, 3.05) is 5.32 Å². The van der Waals surface area contributed by atoms with Crippen LogP contribution in [0.15, 0.2) is 64.7 Å². The second-order valence-electron chi connectivity index (χ2n) is 4.91. The van der Waals surface area contributed by atoms with Gasteiger partial charge in [0.15, 0.2) is 0 Å². The van der Waals surface area contributed by atoms with Crippen LogP contribution in [-0.4, -0.2) is 19.7 Å². The van der Waals surface area contributed by atoms with E-state index in [2.05, 4.69) is 10.1 Å². The molecule has 0 fully saturated rings. The van der Waals surface area contributed by atoms with Gasteiger partial charge in [-0.3, -0.25) is 10.1 Å². The Labute approximate surface area is 156 Å². The van der Waals surface area contributed by atoms with Crippen LogP contribution in [0.25, 0.3) is 0 Å². The number of hydrogen-bond acceptors (Lipinski definition) is 6. The maximum absolute atomic E-state index is 12.4. The molecule has 0 aliphatic carbocycles. The van der Waals surface area contributed by atoms with Gasteiger partial charge < -0.3 is 10.1 Å². The van der Waals surface area contributed by atoms with Gasteiger partial charge in [0.25, 0.3) is 9.84 Å². The number of rotatable bonds is 6. The molecule has 7 nitrogen and oxygen atoms in total. The molecule has 1 N–H and O–H groups in total. The Morgan fingerprint density at radius 3 is 2.15 bits per heavy atom. The first-order valence-electron chi connectivity index (χ1n) is 6.96. The SMILES string of the molecule is O=[N+]([O-])/C(=C\Nc1ccc(OC(F)(F)F)cc1)S(=O)(=O)c1ccc(Cl)cc1. The van der Waals surface area contributed by atoms with Crippen molar-refractivity contribution in [2.24, 2.45) is 0 Å². The average Bonchev–Trinajstić information content (AvgIpc) is 2.55. The number of alkyl halides is 3. The van der Waals surface area contributed by atoms with Gasteiger partial charge in [-0.1, -0.05) is 11.6 Å². The summed E-state index contributed by atoms with van der Waals surface area (Å²) >= 11 is 5.66. The van der Waals surface area contributed by atoms with Gasteiger partial charge >= 0.3 is 11.4 Å². The molecule has 0 saturated carbocycles. The van der Waals surface area contributed by atoms with Crippen LogP contribution in [0.1, 0.15) is 0 Å². The molecule has 0 bridgehead atoms. The van der Waals surface area contributed by atoms with E-state index in [0.29, 0.717) is 6.20 Å². The minimum Gasteiger partial charge on any atom is -0.406 e. The smallest absolute Gasteiger partial charge is 0.406 e. The fourth-order valence-electron chi connectivity index (χ4n) is 1.86. The Kier molecular flexibility index (Phi) is 5.96. The topological polar surface area (TPSA) is 98.5 Å². The van der Waals surface area contributed by atoms with Crippen molar-refractivity contribution in [1.82, 2.24) is 0 Å². The Morgan fingerprint density at radius 2 is 1.67 bits per heavy atom. The summed E-state index contributed by atoms with van der Waals surface area (Å²) in [6.07, 6.45) is -4.23. The molecule has 0 unspecified atom stereocenters. The summed E-state index contributed by atoms with van der Waals surface area (Å²) in [6.45, 7) is 0. The van der Waals surface area contributed by atoms with Crippen LogP contribution < -0.4 is 10.1 Å². The zero-order valence-corrected chi connectivity index (χ0v) is 14.7. The maximum atomic E-state index is 12.4. The predicted molar refractivity (Wildman–Crippen MR) is 90.5 cm³/mol. The third kappa shape index (κ3) is 5.59. The molecule has 0 atom stereocenters. The first-order chi connectivity index (χ1) is 12.5. The van der Waals surface area contributed by atoms with E-state index in [1.807, 2.05) is 0 Å². The second kappa shape index (κ2) is 7.84. The van der Waals surface area contributed by atoms with Crippen molar-refractivity contribution >= 4 is 27.1 Å². The van der Waals surface area contributed by atoms with Crippen LogP contribution in [0.5, 0.6) is 5.75 Å². The molecule has 0 saturated heterocycles. The van der Waals surface area contributed by atoms with Crippen molar-refractivity contribution in [3.63, 3.8) is 0 Å². The molecule has 2 rings (SSSR count). The predicted octanol–water partition coefficient (Wildman–Crippen LogP) is 4.20. The van der Waals surface area contributed by atoms with Crippen molar-refractivity contribution in [2.45, 2.75) is 11.3 Å². The molecule has 0 radical (unpaired) electrons. The molecule has 0 amide bonds. The van der Waals surface area contributed by atoms with Gasteiger partial charge in [-0.05, 0) is 48.5 Å². The maximum Gasteiger partial charge on any atom is 0.573 e. The molecular weight excluding hydrogens is 413 g/mol. The summed E-state index contributed by atoms with van der Waals surface area (Å²) in [6, 6.07) is 8.93. The molecule has 0 aromatic heterocycles. The normalized spacial score (nSPS) is 12.5. The zero-order chi connectivity index (χ0) is 20.2. The minimum absolute atomic E-state index is 0.107. The molecule has 0 spiro atoms. The molecular formula is C15H10ClF3N2O5S. The zero-order valence-electron chi connectivity index (χ0n) is 13.1. The Morgan fingerprint density at radius 1 is 1.11 bits per heavy atom. The van der Waals surface area contributed by atoms with Crippen molar-refractivity contribution < 1.29 is 31.2 Å². The molecule has 2 aromatic rings. The fourth-order valence-corrected chi connectivity index (χ4v) is 3.13. The lowest BCUT2D eigenvalue weighted by molar-refractivity contribution is -0.411. The van der Waals surface area contributed by atoms with Gasteiger partial charge in [-0.15, -0.1) is 13.2 Å². The number of benzene rings is 2. The van der Waals surface area contributed by atoms with Crippen LogP contribution >= 0.6 is 11.6 Å². The Bertz CT molecular complexity index is 958. The third-order valence-corrected chi connectivity index (χ3v) is 4.99. The molecule has 0 aliphatic heterocycles. The summed E-state index contributed by atoms with van der Waals surface area (Å²) in [4.78, 5) is 9.72. The summed E-state index contributed by atoms with van der Waals surface area (Å²) in [5, 5.41) is 12.6. The fraction of sp³-hybridized carbons (Fsp3) is 0.0667. The Hall–Kier alpha value is -2.79. The van der Waals surface area contributed by atoms with E-state index in [1.54, 1.807) is 0 Å². The van der Waals surface area contributed by atoms with Gasteiger partial charge in [0.2, 0.25) is 0 Å². The van der Waals surface area contributed by atoms with E-state index in [9.17, 15) is 31.7 Å². The summed E-state index contributed by atoms with van der Waals surface area (Å²) in [5.41, 5.74) is 0.107. The van der Waals surface area contributed by atoms with Gasteiger partial charge in [-0.25, -0.2) is 8.42 Å². The molecule has 12 heteroatoms. The number of ether oxygens (including phenoxy) is 1. The van der Waals surface area contributed by atoms with Gasteiger partial charge in [0.1, 0.15) is 5.75 Å². The molecule has 144 valence electrons. The average molecular weight is 423 g/mol. The molecule has 0 heterocycles. The van der Waals surface area contributed by atoms with Gasteiger partial charge in [0, 0.05) is 10.7 Å². The van der Waals surface area contributed by atoms with E-state index >= 15 is 0 Å². The van der Waals surface area contributed by atoms with Crippen molar-refractivity contribution in [3.05, 3.63) is 74.9 Å². The Balaban J connectivity index is 2.25. The van der Waals surface area contributed by atoms with E-state index in [1.165, 1.54) is 12.1 Å². The number of anilines is 1. The summed E-state index contributed by atoms with van der Waals surface area (Å²) < 4.78 is 64.8. The summed E-state index contributed by atoms with van der Waals surface area (Å²) in [5.74, 6) is -0.500. The first-order valence-corrected chi connectivity index (χ1v) is 8.83. The molecule has 2 aromatic carbocycles. The van der Waals surface area contributed by atoms with E-state index < -0.39 is 31.9 Å². The standard InChI is InChI=1S/C15H10ClF3N2O5S/c16-10-1-7-13(8-2-10)27(24,25)14(21(22)23)9-20-11-3-5-12(6-4-11)26-15(17,18)19/h1-9,20H/b14-9+. The van der Waals surface area contributed by atoms with E-state index in [4.69, 9.17) is 11.6 Å². The van der Waals surface area contributed by atoms with Gasteiger partial charge in [-0.2, -0.15) is 0 Å². The van der Waals surface area contributed by atoms with Crippen molar-refractivity contribution in [3.8, 4) is 5.75 Å². The molecule has 27 heavy (non-hydrogen) atoms. The highest BCUT2D eigenvalue weighted by molar-refractivity contribution is 7.95. The number of hydrogen-bond donors (Lipinski definition) is 1. The van der Waals surface area contributed by atoms with Crippen LogP contribution in [0.3, 0.4) is 0 Å². The summed E-state index contributed by atoms with van der Waals surface area (Å²) in [7, 11) is -4.45. The highest BCUT2D eigenvalue weighted by Crippen LogP contribution is 2.25. The van der Waals surface area contributed by atoms with E-state index in [0.717, 1.165) is 36.4 Å². The number of nitrogens with zero attached hydrogens (tertiary/aromatic N) is 1. The largest absolute Gasteiger partial charge is 0.573 e. The lowest BCUT2D eigenvalue weighted by Crippen LogP contribution is -2.17. The quantitative estimate of drug-likeness (QED) is 0.553. The van der Waals surface area contributed by atoms with Gasteiger partial charge in [0.05, 0.1) is 16.0 Å². The van der Waals surface area contributed by atoms with Crippen molar-refractivity contribution in [1.29, 1.82) is 0 Å². The van der Waals surface area contributed by atoms with E-state index in [-0.39, 0.29) is 15.6 Å². The number of sulfone groups is 1. The van der Waals surface area contributed by atoms with Crippen LogP contribution in [-0.2, 0) is 9.84 Å². The molecule has 0 aliphatic rings. The number of nitro groups is 1. The third-order valence-electron chi connectivity index (χ3n) is 3.03. The lowest BCUT2D eigenvalue weighted by atomic mass is 10.3. The minimum atomic E-state index is -4.86. The number of halogens is 4. The highest BCUT2D eigenvalue weighted by Gasteiger charge is 2.32. The monoisotopic (exact) mass is 422 g/mol. The lowest BCUT2D eigenvalue weighted by Gasteiger charge is -2.09. The highest BCUT2D eigenvalue weighted by atomic mass is 35.5. The van der Waals surface area contributed by atoms with Crippen LogP contribution in [0.2, 0.25) is 5.02 Å².